The third kappa shape index (κ3) is 6.81. The first-order valence-electron chi connectivity index (χ1n) is 7.58. The van der Waals surface area contributed by atoms with Gasteiger partial charge in [-0.2, -0.15) is 11.8 Å². The van der Waals surface area contributed by atoms with Crippen LogP contribution in [0.5, 0.6) is 0 Å². The molecule has 5 heteroatoms. The van der Waals surface area contributed by atoms with Gasteiger partial charge in [0.25, 0.3) is 0 Å². The molecule has 0 atom stereocenters. The van der Waals surface area contributed by atoms with Crippen molar-refractivity contribution in [3.05, 3.63) is 64.7 Å². The largest absolute Gasteiger partial charge is 0.362 e. The Morgan fingerprint density at radius 3 is 2.78 bits per heavy atom. The van der Waals surface area contributed by atoms with Crippen molar-refractivity contribution in [1.82, 2.24) is 5.32 Å². The maximum atomic E-state index is 6.09. The summed E-state index contributed by atoms with van der Waals surface area (Å²) in [4.78, 5) is 0. The lowest BCUT2D eigenvalue weighted by Crippen LogP contribution is -2.29. The van der Waals surface area contributed by atoms with Crippen molar-refractivity contribution >= 4 is 46.4 Å². The molecule has 0 heterocycles. The van der Waals surface area contributed by atoms with Crippen molar-refractivity contribution in [1.29, 1.82) is 0 Å². The lowest BCUT2D eigenvalue weighted by Gasteiger charge is -2.11. The Bertz CT molecular complexity index is 646. The third-order valence-corrected chi connectivity index (χ3v) is 4.92. The van der Waals surface area contributed by atoms with Crippen molar-refractivity contribution in [2.24, 2.45) is 0 Å². The van der Waals surface area contributed by atoms with Crippen LogP contribution in [0.1, 0.15) is 17.5 Å². The highest BCUT2D eigenvalue weighted by atomic mass is 35.5. The lowest BCUT2D eigenvalue weighted by atomic mass is 10.2. The van der Waals surface area contributed by atoms with E-state index in [1.54, 1.807) is 0 Å². The number of nitrogens with one attached hydrogen (secondary N) is 2. The number of thiocarbonyl (C=S) groups is 1. The number of hydrogen-bond acceptors (Lipinski definition) is 2. The van der Waals surface area contributed by atoms with Crippen LogP contribution in [0.3, 0.4) is 0 Å². The summed E-state index contributed by atoms with van der Waals surface area (Å²) in [6, 6.07) is 16.3. The zero-order valence-corrected chi connectivity index (χ0v) is 15.5. The highest BCUT2D eigenvalue weighted by Gasteiger charge is 2.01. The molecule has 2 rings (SSSR count). The standard InChI is InChI=1S/C18H21ClN2S2/c1-14-6-4-7-15(12-14)13-23-11-5-10-20-18(22)21-17-9-3-2-8-16(17)19/h2-4,6-9,12H,5,10-11,13H2,1H3,(H2,20,21,22). The van der Waals surface area contributed by atoms with Gasteiger partial charge < -0.3 is 10.6 Å². The maximum Gasteiger partial charge on any atom is 0.170 e. The van der Waals surface area contributed by atoms with E-state index in [4.69, 9.17) is 23.8 Å². The van der Waals surface area contributed by atoms with Crippen molar-refractivity contribution in [2.75, 3.05) is 17.6 Å². The summed E-state index contributed by atoms with van der Waals surface area (Å²) in [6.07, 6.45) is 1.07. The third-order valence-electron chi connectivity index (χ3n) is 3.22. The topological polar surface area (TPSA) is 24.1 Å². The van der Waals surface area contributed by atoms with Gasteiger partial charge in [0.15, 0.2) is 5.11 Å². The van der Waals surface area contributed by atoms with E-state index in [-0.39, 0.29) is 0 Å². The summed E-state index contributed by atoms with van der Waals surface area (Å²) >= 11 is 13.3. The summed E-state index contributed by atoms with van der Waals surface area (Å²) in [5, 5.41) is 7.61. The Balaban J connectivity index is 1.58. The molecular weight excluding hydrogens is 344 g/mol. The highest BCUT2D eigenvalue weighted by Crippen LogP contribution is 2.20. The van der Waals surface area contributed by atoms with Crippen molar-refractivity contribution < 1.29 is 0 Å². The van der Waals surface area contributed by atoms with Gasteiger partial charge >= 0.3 is 0 Å². The van der Waals surface area contributed by atoms with Gasteiger partial charge in [0, 0.05) is 12.3 Å². The SMILES string of the molecule is Cc1cccc(CSCCCNC(=S)Nc2ccccc2Cl)c1. The maximum absolute atomic E-state index is 6.09. The molecule has 23 heavy (non-hydrogen) atoms. The molecule has 0 aliphatic heterocycles. The molecule has 122 valence electrons. The van der Waals surface area contributed by atoms with Crippen LogP contribution in [0, 0.1) is 6.92 Å². The lowest BCUT2D eigenvalue weighted by molar-refractivity contribution is 0.854. The Hall–Kier alpha value is -1.23. The van der Waals surface area contributed by atoms with Gasteiger partial charge in [-0.3, -0.25) is 0 Å². The van der Waals surface area contributed by atoms with Gasteiger partial charge in [-0.05, 0) is 49.0 Å². The van der Waals surface area contributed by atoms with Crippen LogP contribution in [0.2, 0.25) is 5.02 Å². The van der Waals surface area contributed by atoms with Crippen molar-refractivity contribution in [3.8, 4) is 0 Å². The smallest absolute Gasteiger partial charge is 0.170 e. The van der Waals surface area contributed by atoms with Crippen molar-refractivity contribution in [2.45, 2.75) is 19.1 Å². The average Bonchev–Trinajstić information content (AvgIpc) is 2.53. The van der Waals surface area contributed by atoms with Gasteiger partial charge in [0.1, 0.15) is 0 Å². The number of hydrogen-bond donors (Lipinski definition) is 2. The number of para-hydroxylation sites is 1. The first-order chi connectivity index (χ1) is 11.1. The summed E-state index contributed by atoms with van der Waals surface area (Å²) < 4.78 is 0. The van der Waals surface area contributed by atoms with E-state index in [1.807, 2.05) is 36.0 Å². The quantitative estimate of drug-likeness (QED) is 0.517. The molecule has 0 radical (unpaired) electrons. The van der Waals surface area contributed by atoms with Crippen LogP contribution in [-0.2, 0) is 5.75 Å². The molecule has 2 nitrogen and oxygen atoms in total. The second-order valence-corrected chi connectivity index (χ2v) is 7.18. The molecule has 0 bridgehead atoms. The van der Waals surface area contributed by atoms with Crippen molar-refractivity contribution in [3.63, 3.8) is 0 Å². The van der Waals surface area contributed by atoms with Gasteiger partial charge in [-0.25, -0.2) is 0 Å². The predicted octanol–water partition coefficient (Wildman–Crippen LogP) is 5.26. The molecule has 0 aromatic heterocycles. The first-order valence-corrected chi connectivity index (χ1v) is 9.52. The van der Waals surface area contributed by atoms with E-state index in [9.17, 15) is 0 Å². The second kappa shape index (κ2) is 9.81. The molecule has 0 aliphatic rings. The molecular formula is C18H21ClN2S2. The minimum Gasteiger partial charge on any atom is -0.362 e. The zero-order chi connectivity index (χ0) is 16.5. The first kappa shape index (κ1) is 18.1. The van der Waals surface area contributed by atoms with E-state index in [2.05, 4.69) is 41.8 Å². The number of thioether (sulfide) groups is 1. The van der Waals surface area contributed by atoms with E-state index in [0.717, 1.165) is 30.2 Å². The Morgan fingerprint density at radius 2 is 2.00 bits per heavy atom. The molecule has 0 unspecified atom stereocenters. The minimum absolute atomic E-state index is 0.613. The molecule has 2 aromatic carbocycles. The van der Waals surface area contributed by atoms with Crippen LogP contribution in [-0.4, -0.2) is 17.4 Å². The fourth-order valence-corrected chi connectivity index (χ4v) is 3.40. The summed E-state index contributed by atoms with van der Waals surface area (Å²) in [5.41, 5.74) is 3.54. The highest BCUT2D eigenvalue weighted by molar-refractivity contribution is 7.98. The summed E-state index contributed by atoms with van der Waals surface area (Å²) in [6.45, 7) is 2.99. The second-order valence-electron chi connectivity index (χ2n) is 5.26. The predicted molar refractivity (Wildman–Crippen MR) is 108 cm³/mol. The van der Waals surface area contributed by atoms with Crippen LogP contribution in [0.25, 0.3) is 0 Å². The number of aryl methyl sites for hydroxylation is 1. The van der Waals surface area contributed by atoms with E-state index in [0.29, 0.717) is 10.1 Å². The zero-order valence-electron chi connectivity index (χ0n) is 13.1. The van der Waals surface area contributed by atoms with Crippen LogP contribution < -0.4 is 10.6 Å². The molecule has 0 fully saturated rings. The fourth-order valence-electron chi connectivity index (χ4n) is 2.10. The normalized spacial score (nSPS) is 10.3. The molecule has 0 saturated heterocycles. The average molecular weight is 365 g/mol. The van der Waals surface area contributed by atoms with Gasteiger partial charge in [0.05, 0.1) is 10.7 Å². The molecule has 0 amide bonds. The van der Waals surface area contributed by atoms with Crippen LogP contribution >= 0.6 is 35.6 Å². The molecule has 0 aliphatic carbocycles. The van der Waals surface area contributed by atoms with E-state index < -0.39 is 0 Å². The van der Waals surface area contributed by atoms with Crippen LogP contribution in [0.4, 0.5) is 5.69 Å². The number of halogens is 1. The number of anilines is 1. The van der Waals surface area contributed by atoms with E-state index in [1.165, 1.54) is 11.1 Å². The Labute approximate surface area is 153 Å². The molecule has 0 saturated carbocycles. The van der Waals surface area contributed by atoms with Gasteiger partial charge in [0.2, 0.25) is 0 Å². The van der Waals surface area contributed by atoms with Crippen LogP contribution in [0.15, 0.2) is 48.5 Å². The summed E-state index contributed by atoms with van der Waals surface area (Å²) in [7, 11) is 0. The number of rotatable bonds is 7. The summed E-state index contributed by atoms with van der Waals surface area (Å²) in [5.74, 6) is 2.17. The van der Waals surface area contributed by atoms with Gasteiger partial charge in [-0.1, -0.05) is 53.6 Å². The Kier molecular flexibility index (Phi) is 7.72. The fraction of sp³-hybridized carbons (Fsp3) is 0.278. The molecule has 0 spiro atoms. The van der Waals surface area contributed by atoms with Gasteiger partial charge in [-0.15, -0.1) is 0 Å². The van der Waals surface area contributed by atoms with E-state index >= 15 is 0 Å². The minimum atomic E-state index is 0.613. The monoisotopic (exact) mass is 364 g/mol. The Morgan fingerprint density at radius 1 is 1.17 bits per heavy atom. The molecule has 2 N–H and O–H groups in total. The number of benzene rings is 2. The molecule has 2 aromatic rings.